The maximum Gasteiger partial charge on any atom is 0.253 e. The number of likely N-dealkylation sites (N-methyl/N-ethyl adjacent to an activating group) is 1. The largest absolute Gasteiger partial charge is 0.345 e. The highest BCUT2D eigenvalue weighted by atomic mass is 35.5. The summed E-state index contributed by atoms with van der Waals surface area (Å²) in [5.74, 6) is -0.523. The first-order chi connectivity index (χ1) is 14.9. The lowest BCUT2D eigenvalue weighted by Crippen LogP contribution is -2.47. The molecule has 3 rings (SSSR count). The molecule has 174 valence electrons. The van der Waals surface area contributed by atoms with E-state index >= 15 is 0 Å². The van der Waals surface area contributed by atoms with E-state index in [0.717, 1.165) is 6.26 Å². The first kappa shape index (κ1) is 24.7. The van der Waals surface area contributed by atoms with Crippen LogP contribution < -0.4 is 5.32 Å². The van der Waals surface area contributed by atoms with E-state index in [4.69, 9.17) is 11.6 Å². The molecule has 1 aliphatic heterocycles. The van der Waals surface area contributed by atoms with Gasteiger partial charge in [0.15, 0.2) is 9.84 Å². The standard InChI is InChI=1S/C21H26ClN3O5S2/c1-15(16-4-6-17(7-5-16)31(3,27)28)23-21(26)19-14-18(8-9-20(19)22)32(29,30)25-12-10-24(2)11-13-25/h4-9,14-15H,10-13H2,1-3H3,(H,23,26). The third-order valence-electron chi connectivity index (χ3n) is 5.44. The summed E-state index contributed by atoms with van der Waals surface area (Å²) >= 11 is 6.20. The average molecular weight is 500 g/mol. The van der Waals surface area contributed by atoms with Gasteiger partial charge < -0.3 is 10.2 Å². The summed E-state index contributed by atoms with van der Waals surface area (Å²) in [7, 11) is -5.13. The van der Waals surface area contributed by atoms with Gasteiger partial charge in [0.1, 0.15) is 0 Å². The van der Waals surface area contributed by atoms with Crippen LogP contribution in [-0.2, 0) is 19.9 Å². The number of nitrogens with zero attached hydrogens (tertiary/aromatic N) is 2. The molecule has 1 aliphatic rings. The van der Waals surface area contributed by atoms with Crippen LogP contribution in [0.15, 0.2) is 52.3 Å². The molecule has 1 fully saturated rings. The number of nitrogens with one attached hydrogen (secondary N) is 1. The van der Waals surface area contributed by atoms with Crippen LogP contribution in [0, 0.1) is 0 Å². The van der Waals surface area contributed by atoms with Crippen molar-refractivity contribution >= 4 is 37.4 Å². The van der Waals surface area contributed by atoms with Gasteiger partial charge in [0, 0.05) is 32.4 Å². The SMILES string of the molecule is CC(NC(=O)c1cc(S(=O)(=O)N2CCN(C)CC2)ccc1Cl)c1ccc(S(C)(=O)=O)cc1. The topological polar surface area (TPSA) is 104 Å². The molecule has 0 saturated carbocycles. The lowest BCUT2D eigenvalue weighted by Gasteiger charge is -2.31. The van der Waals surface area contributed by atoms with Crippen LogP contribution in [0.2, 0.25) is 5.02 Å². The summed E-state index contributed by atoms with van der Waals surface area (Å²) in [6.45, 7) is 3.77. The van der Waals surface area contributed by atoms with Gasteiger partial charge in [-0.1, -0.05) is 23.7 Å². The molecular formula is C21H26ClN3O5S2. The molecule has 2 aromatic rings. The van der Waals surface area contributed by atoms with Crippen molar-refractivity contribution in [2.75, 3.05) is 39.5 Å². The predicted molar refractivity (Wildman–Crippen MR) is 123 cm³/mol. The molecule has 0 spiro atoms. The number of carbonyl (C=O) groups is 1. The van der Waals surface area contributed by atoms with E-state index in [2.05, 4.69) is 10.2 Å². The number of amides is 1. The second-order valence-corrected chi connectivity index (χ2v) is 12.2. The number of sulfone groups is 1. The number of rotatable bonds is 6. The second kappa shape index (κ2) is 9.48. The monoisotopic (exact) mass is 499 g/mol. The van der Waals surface area contributed by atoms with Crippen molar-refractivity contribution in [2.24, 2.45) is 0 Å². The molecule has 1 amide bonds. The van der Waals surface area contributed by atoms with E-state index < -0.39 is 31.8 Å². The van der Waals surface area contributed by atoms with Gasteiger partial charge in [0.2, 0.25) is 10.0 Å². The van der Waals surface area contributed by atoms with Crippen molar-refractivity contribution in [3.05, 3.63) is 58.6 Å². The molecular weight excluding hydrogens is 474 g/mol. The van der Waals surface area contributed by atoms with Gasteiger partial charge in [-0.3, -0.25) is 4.79 Å². The molecule has 1 N–H and O–H groups in total. The highest BCUT2D eigenvalue weighted by Gasteiger charge is 2.28. The third kappa shape index (κ3) is 5.49. The van der Waals surface area contributed by atoms with E-state index in [1.807, 2.05) is 7.05 Å². The van der Waals surface area contributed by atoms with Crippen LogP contribution in [0.1, 0.15) is 28.9 Å². The fourth-order valence-electron chi connectivity index (χ4n) is 3.38. The van der Waals surface area contributed by atoms with Gasteiger partial charge >= 0.3 is 0 Å². The summed E-state index contributed by atoms with van der Waals surface area (Å²) in [5, 5.41) is 2.93. The molecule has 1 saturated heterocycles. The highest BCUT2D eigenvalue weighted by Crippen LogP contribution is 2.25. The maximum atomic E-state index is 13.0. The van der Waals surface area contributed by atoms with Crippen LogP contribution in [0.3, 0.4) is 0 Å². The summed E-state index contributed by atoms with van der Waals surface area (Å²) in [5.41, 5.74) is 0.754. The molecule has 0 aliphatic carbocycles. The third-order valence-corrected chi connectivity index (χ3v) is 8.79. The Morgan fingerprint density at radius 3 is 2.09 bits per heavy atom. The summed E-state index contributed by atoms with van der Waals surface area (Å²) < 4.78 is 50.7. The Kier molecular flexibility index (Phi) is 7.31. The highest BCUT2D eigenvalue weighted by molar-refractivity contribution is 7.90. The van der Waals surface area contributed by atoms with E-state index in [0.29, 0.717) is 31.7 Å². The van der Waals surface area contributed by atoms with Crippen LogP contribution in [0.4, 0.5) is 0 Å². The maximum absolute atomic E-state index is 13.0. The van der Waals surface area contributed by atoms with Crippen LogP contribution in [0.5, 0.6) is 0 Å². The summed E-state index contributed by atoms with van der Waals surface area (Å²) in [6.07, 6.45) is 1.12. The smallest absolute Gasteiger partial charge is 0.253 e. The molecule has 0 bridgehead atoms. The molecule has 8 nitrogen and oxygen atoms in total. The predicted octanol–water partition coefficient (Wildman–Crippen LogP) is 2.17. The van der Waals surface area contributed by atoms with Crippen LogP contribution in [0.25, 0.3) is 0 Å². The lowest BCUT2D eigenvalue weighted by molar-refractivity contribution is 0.0939. The van der Waals surface area contributed by atoms with Crippen molar-refractivity contribution < 1.29 is 21.6 Å². The Balaban J connectivity index is 1.79. The number of carbonyl (C=O) groups excluding carboxylic acids is 1. The molecule has 1 atom stereocenters. The zero-order valence-electron chi connectivity index (χ0n) is 18.1. The normalized spacial score (nSPS) is 17.1. The summed E-state index contributed by atoms with van der Waals surface area (Å²) in [6, 6.07) is 9.85. The van der Waals surface area contributed by atoms with Gasteiger partial charge in [-0.15, -0.1) is 0 Å². The zero-order chi connectivity index (χ0) is 23.7. The molecule has 2 aromatic carbocycles. The minimum absolute atomic E-state index is 0.0155. The van der Waals surface area contributed by atoms with E-state index in [9.17, 15) is 21.6 Å². The van der Waals surface area contributed by atoms with Crippen molar-refractivity contribution in [2.45, 2.75) is 22.8 Å². The minimum Gasteiger partial charge on any atom is -0.345 e. The fraction of sp³-hybridized carbons (Fsp3) is 0.381. The van der Waals surface area contributed by atoms with Crippen molar-refractivity contribution in [1.29, 1.82) is 0 Å². The average Bonchev–Trinajstić information content (AvgIpc) is 2.73. The van der Waals surface area contributed by atoms with Gasteiger partial charge in [0.25, 0.3) is 5.91 Å². The Hall–Kier alpha value is -1.98. The molecule has 1 heterocycles. The number of hydrogen-bond donors (Lipinski definition) is 1. The Morgan fingerprint density at radius 2 is 1.53 bits per heavy atom. The van der Waals surface area contributed by atoms with Crippen LogP contribution >= 0.6 is 11.6 Å². The quantitative estimate of drug-likeness (QED) is 0.653. The Bertz CT molecular complexity index is 1210. The number of hydrogen-bond acceptors (Lipinski definition) is 6. The number of piperazine rings is 1. The number of halogens is 1. The van der Waals surface area contributed by atoms with Gasteiger partial charge in [0.05, 0.1) is 26.4 Å². The van der Waals surface area contributed by atoms with Gasteiger partial charge in [-0.2, -0.15) is 4.31 Å². The van der Waals surface area contributed by atoms with Crippen molar-refractivity contribution in [3.8, 4) is 0 Å². The van der Waals surface area contributed by atoms with Gasteiger partial charge in [-0.05, 0) is 49.9 Å². The first-order valence-electron chi connectivity index (χ1n) is 9.99. The van der Waals surface area contributed by atoms with E-state index in [-0.39, 0.29) is 20.4 Å². The van der Waals surface area contributed by atoms with Crippen molar-refractivity contribution in [3.63, 3.8) is 0 Å². The minimum atomic E-state index is -3.75. The summed E-state index contributed by atoms with van der Waals surface area (Å²) in [4.78, 5) is 15.1. The van der Waals surface area contributed by atoms with Gasteiger partial charge in [-0.25, -0.2) is 16.8 Å². The lowest BCUT2D eigenvalue weighted by atomic mass is 10.1. The molecule has 1 unspecified atom stereocenters. The first-order valence-corrected chi connectivity index (χ1v) is 13.7. The van der Waals surface area contributed by atoms with Crippen LogP contribution in [-0.4, -0.2) is 71.4 Å². The molecule has 11 heteroatoms. The molecule has 0 radical (unpaired) electrons. The Labute approximate surface area is 194 Å². The molecule has 32 heavy (non-hydrogen) atoms. The van der Waals surface area contributed by atoms with E-state index in [1.165, 1.54) is 34.6 Å². The second-order valence-electron chi connectivity index (χ2n) is 7.89. The van der Waals surface area contributed by atoms with Crippen molar-refractivity contribution in [1.82, 2.24) is 14.5 Å². The zero-order valence-corrected chi connectivity index (χ0v) is 20.5. The van der Waals surface area contributed by atoms with E-state index in [1.54, 1.807) is 19.1 Å². The number of benzene rings is 2. The fourth-order valence-corrected chi connectivity index (χ4v) is 5.66. The molecule has 0 aromatic heterocycles. The Morgan fingerprint density at radius 1 is 0.969 bits per heavy atom. The number of sulfonamides is 1.